The van der Waals surface area contributed by atoms with Gasteiger partial charge in [-0.15, -0.1) is 0 Å². The second-order valence-electron chi connectivity index (χ2n) is 5.50. The fourth-order valence-electron chi connectivity index (χ4n) is 2.57. The van der Waals surface area contributed by atoms with Crippen molar-refractivity contribution < 1.29 is 14.6 Å². The first kappa shape index (κ1) is 15.0. The van der Waals surface area contributed by atoms with Crippen molar-refractivity contribution in [2.75, 3.05) is 18.5 Å². The van der Waals surface area contributed by atoms with E-state index in [9.17, 15) is 4.79 Å². The van der Waals surface area contributed by atoms with Crippen LogP contribution in [-0.2, 0) is 9.53 Å². The molecule has 0 saturated heterocycles. The van der Waals surface area contributed by atoms with Crippen LogP contribution in [0.25, 0.3) is 0 Å². The van der Waals surface area contributed by atoms with Crippen molar-refractivity contribution in [3.63, 3.8) is 0 Å². The molecule has 1 aromatic rings. The molecule has 4 nitrogen and oxygen atoms in total. The first-order valence-corrected chi connectivity index (χ1v) is 7.27. The molecule has 1 aliphatic carbocycles. The highest BCUT2D eigenvalue weighted by atomic mass is 16.5. The van der Waals surface area contributed by atoms with Gasteiger partial charge < -0.3 is 15.2 Å². The number of anilines is 1. The van der Waals surface area contributed by atoms with E-state index in [0.29, 0.717) is 5.92 Å². The van der Waals surface area contributed by atoms with Crippen LogP contribution in [0, 0.1) is 12.8 Å². The Morgan fingerprint density at radius 1 is 1.30 bits per heavy atom. The fraction of sp³-hybridized carbons (Fsp3) is 0.562. The Labute approximate surface area is 120 Å². The molecule has 0 spiro atoms. The lowest BCUT2D eigenvalue weighted by molar-refractivity contribution is -0.123. The van der Waals surface area contributed by atoms with Gasteiger partial charge in [-0.25, -0.2) is 0 Å². The third kappa shape index (κ3) is 4.32. The number of nitrogens with one attached hydrogen (secondary N) is 1. The summed E-state index contributed by atoms with van der Waals surface area (Å²) in [7, 11) is 0. The van der Waals surface area contributed by atoms with E-state index < -0.39 is 0 Å². The lowest BCUT2D eigenvalue weighted by atomic mass is 9.88. The number of carbonyl (C=O) groups is 1. The number of hydrogen-bond acceptors (Lipinski definition) is 3. The van der Waals surface area contributed by atoms with E-state index in [-0.39, 0.29) is 25.2 Å². The first-order valence-electron chi connectivity index (χ1n) is 7.27. The zero-order chi connectivity index (χ0) is 14.4. The molecule has 1 fully saturated rings. The van der Waals surface area contributed by atoms with E-state index >= 15 is 0 Å². The van der Waals surface area contributed by atoms with Crippen LogP contribution in [0.3, 0.4) is 0 Å². The molecule has 1 aromatic carbocycles. The summed E-state index contributed by atoms with van der Waals surface area (Å²) < 4.78 is 5.66. The Morgan fingerprint density at radius 3 is 2.65 bits per heavy atom. The molecule has 0 unspecified atom stereocenters. The summed E-state index contributed by atoms with van der Waals surface area (Å²) >= 11 is 0. The summed E-state index contributed by atoms with van der Waals surface area (Å²) in [6, 6.07) is 7.70. The zero-order valence-corrected chi connectivity index (χ0v) is 12.0. The molecule has 1 aliphatic rings. The van der Waals surface area contributed by atoms with Gasteiger partial charge in [0.05, 0.1) is 6.10 Å². The second kappa shape index (κ2) is 7.41. The maximum Gasteiger partial charge on any atom is 0.250 e. The van der Waals surface area contributed by atoms with E-state index in [1.54, 1.807) is 0 Å². The summed E-state index contributed by atoms with van der Waals surface area (Å²) in [4.78, 5) is 11.9. The van der Waals surface area contributed by atoms with Crippen molar-refractivity contribution in [3.8, 4) is 0 Å². The standard InChI is InChI=1S/C16H23NO3/c1-12-4-2-3-5-15(12)17-16(19)11-20-14-8-6-13(10-18)7-9-14/h2-5,13-14,18H,6-11H2,1H3,(H,17,19). The van der Waals surface area contributed by atoms with Gasteiger partial charge in [0.2, 0.25) is 5.91 Å². The monoisotopic (exact) mass is 277 g/mol. The Morgan fingerprint density at radius 2 is 2.00 bits per heavy atom. The summed E-state index contributed by atoms with van der Waals surface area (Å²) in [5.41, 5.74) is 1.88. The van der Waals surface area contributed by atoms with Crippen LogP contribution in [0.5, 0.6) is 0 Å². The summed E-state index contributed by atoms with van der Waals surface area (Å²) in [5.74, 6) is 0.305. The first-order chi connectivity index (χ1) is 9.69. The summed E-state index contributed by atoms with van der Waals surface area (Å²) in [6.07, 6.45) is 3.99. The van der Waals surface area contributed by atoms with Crippen molar-refractivity contribution in [1.82, 2.24) is 0 Å². The molecular weight excluding hydrogens is 254 g/mol. The van der Waals surface area contributed by atoms with Crippen molar-refractivity contribution >= 4 is 11.6 Å². The smallest absolute Gasteiger partial charge is 0.250 e. The lowest BCUT2D eigenvalue weighted by Crippen LogP contribution is -2.27. The Balaban J connectivity index is 1.72. The van der Waals surface area contributed by atoms with Gasteiger partial charge >= 0.3 is 0 Å². The Kier molecular flexibility index (Phi) is 5.56. The average Bonchev–Trinajstić information content (AvgIpc) is 2.48. The van der Waals surface area contributed by atoms with Crippen molar-refractivity contribution in [2.45, 2.75) is 38.7 Å². The number of amides is 1. The van der Waals surface area contributed by atoms with E-state index in [0.717, 1.165) is 36.9 Å². The summed E-state index contributed by atoms with van der Waals surface area (Å²) in [5, 5.41) is 11.9. The van der Waals surface area contributed by atoms with Crippen molar-refractivity contribution in [3.05, 3.63) is 29.8 Å². The van der Waals surface area contributed by atoms with E-state index in [4.69, 9.17) is 9.84 Å². The summed E-state index contributed by atoms with van der Waals surface area (Å²) in [6.45, 7) is 2.33. The van der Waals surface area contributed by atoms with Gasteiger partial charge in [-0.2, -0.15) is 0 Å². The van der Waals surface area contributed by atoms with Gasteiger partial charge in [0.15, 0.2) is 0 Å². The number of rotatable bonds is 5. The quantitative estimate of drug-likeness (QED) is 0.869. The molecule has 2 N–H and O–H groups in total. The molecule has 1 amide bonds. The third-order valence-electron chi connectivity index (χ3n) is 3.92. The predicted octanol–water partition coefficient (Wildman–Crippen LogP) is 2.50. The number of hydrogen-bond donors (Lipinski definition) is 2. The van der Waals surface area contributed by atoms with E-state index in [2.05, 4.69) is 5.32 Å². The van der Waals surface area contributed by atoms with Gasteiger partial charge in [-0.05, 0) is 50.2 Å². The van der Waals surface area contributed by atoms with Gasteiger partial charge in [0.1, 0.15) is 6.61 Å². The maximum absolute atomic E-state index is 11.9. The molecule has 0 aliphatic heterocycles. The Bertz CT molecular complexity index is 439. The molecule has 4 heteroatoms. The minimum absolute atomic E-state index is 0.1000. The number of para-hydroxylation sites is 1. The predicted molar refractivity (Wildman–Crippen MR) is 78.6 cm³/mol. The van der Waals surface area contributed by atoms with Gasteiger partial charge in [-0.3, -0.25) is 4.79 Å². The number of aliphatic hydroxyl groups excluding tert-OH is 1. The molecule has 0 aromatic heterocycles. The lowest BCUT2D eigenvalue weighted by Gasteiger charge is -2.27. The zero-order valence-electron chi connectivity index (χ0n) is 12.0. The largest absolute Gasteiger partial charge is 0.396 e. The second-order valence-corrected chi connectivity index (χ2v) is 5.50. The minimum Gasteiger partial charge on any atom is -0.396 e. The third-order valence-corrected chi connectivity index (χ3v) is 3.92. The van der Waals surface area contributed by atoms with Crippen molar-refractivity contribution in [1.29, 1.82) is 0 Å². The number of aryl methyl sites for hydroxylation is 1. The molecule has 20 heavy (non-hydrogen) atoms. The number of aliphatic hydroxyl groups is 1. The van der Waals surface area contributed by atoms with Crippen LogP contribution in [0.1, 0.15) is 31.2 Å². The minimum atomic E-state index is -0.108. The fourth-order valence-corrected chi connectivity index (χ4v) is 2.57. The molecule has 110 valence electrons. The van der Waals surface area contributed by atoms with Crippen LogP contribution in [0.15, 0.2) is 24.3 Å². The normalized spacial score (nSPS) is 22.5. The number of ether oxygens (including phenoxy) is 1. The maximum atomic E-state index is 11.9. The molecule has 0 radical (unpaired) electrons. The number of benzene rings is 1. The van der Waals surface area contributed by atoms with Gasteiger partial charge in [0.25, 0.3) is 0 Å². The van der Waals surface area contributed by atoms with Crippen molar-refractivity contribution in [2.24, 2.45) is 5.92 Å². The topological polar surface area (TPSA) is 58.6 Å². The molecule has 1 saturated carbocycles. The van der Waals surface area contributed by atoms with Gasteiger partial charge in [-0.1, -0.05) is 18.2 Å². The van der Waals surface area contributed by atoms with Gasteiger partial charge in [0, 0.05) is 12.3 Å². The highest BCUT2D eigenvalue weighted by Crippen LogP contribution is 2.25. The van der Waals surface area contributed by atoms with Crippen LogP contribution >= 0.6 is 0 Å². The molecule has 0 heterocycles. The highest BCUT2D eigenvalue weighted by molar-refractivity contribution is 5.92. The average molecular weight is 277 g/mol. The van der Waals surface area contributed by atoms with Crippen LogP contribution in [0.4, 0.5) is 5.69 Å². The highest BCUT2D eigenvalue weighted by Gasteiger charge is 2.21. The van der Waals surface area contributed by atoms with E-state index in [1.165, 1.54) is 0 Å². The van der Waals surface area contributed by atoms with Crippen LogP contribution < -0.4 is 5.32 Å². The molecule has 2 rings (SSSR count). The van der Waals surface area contributed by atoms with Crippen LogP contribution in [-0.4, -0.2) is 30.3 Å². The Hall–Kier alpha value is -1.39. The van der Waals surface area contributed by atoms with Crippen LogP contribution in [0.2, 0.25) is 0 Å². The SMILES string of the molecule is Cc1ccccc1NC(=O)COC1CCC(CO)CC1. The number of carbonyl (C=O) groups excluding carboxylic acids is 1. The molecular formula is C16H23NO3. The molecule has 0 bridgehead atoms. The molecule has 0 atom stereocenters. The van der Waals surface area contributed by atoms with E-state index in [1.807, 2.05) is 31.2 Å².